The van der Waals surface area contributed by atoms with Gasteiger partial charge in [-0.2, -0.15) is 13.2 Å². The molecule has 0 unspecified atom stereocenters. The Hall–Kier alpha value is -2.37. The number of ether oxygens (including phenoxy) is 1. The van der Waals surface area contributed by atoms with Crippen LogP contribution in [0, 0.1) is 5.82 Å². The zero-order valence-corrected chi connectivity index (χ0v) is 11.6. The fourth-order valence-electron chi connectivity index (χ4n) is 1.90. The average molecular weight is 312 g/mol. The summed E-state index contributed by atoms with van der Waals surface area (Å²) in [5, 5.41) is 0. The number of carbonyl (C=O) groups excluding carboxylic acids is 1. The molecule has 0 heterocycles. The monoisotopic (exact) mass is 312 g/mol. The molecule has 2 aromatic rings. The predicted molar refractivity (Wildman–Crippen MR) is 72.2 cm³/mol. The molecule has 0 N–H and O–H groups in total. The van der Waals surface area contributed by atoms with Crippen molar-refractivity contribution < 1.29 is 27.1 Å². The van der Waals surface area contributed by atoms with Gasteiger partial charge >= 0.3 is 6.18 Å². The molecule has 0 bridgehead atoms. The maximum absolute atomic E-state index is 13.7. The van der Waals surface area contributed by atoms with Crippen LogP contribution in [0.5, 0.6) is 5.75 Å². The van der Waals surface area contributed by atoms with E-state index in [-0.39, 0.29) is 6.61 Å². The molecule has 0 amide bonds. The van der Waals surface area contributed by atoms with Crippen LogP contribution in [0.25, 0.3) is 0 Å². The van der Waals surface area contributed by atoms with E-state index < -0.39 is 34.7 Å². The van der Waals surface area contributed by atoms with Crippen molar-refractivity contribution in [1.29, 1.82) is 0 Å². The largest absolute Gasteiger partial charge is 0.488 e. The van der Waals surface area contributed by atoms with Crippen molar-refractivity contribution in [3.8, 4) is 5.75 Å². The highest BCUT2D eigenvalue weighted by Crippen LogP contribution is 2.38. The van der Waals surface area contributed by atoms with E-state index in [4.69, 9.17) is 4.74 Å². The molecule has 0 radical (unpaired) electrons. The SMILES string of the molecule is CC(=O)c1cc(C(F)(F)F)c(OCc2ccccc2)cc1F. The van der Waals surface area contributed by atoms with Crippen LogP contribution in [0.15, 0.2) is 42.5 Å². The summed E-state index contributed by atoms with van der Waals surface area (Å²) in [6, 6.07) is 9.61. The summed E-state index contributed by atoms with van der Waals surface area (Å²) >= 11 is 0. The maximum Gasteiger partial charge on any atom is 0.419 e. The molecule has 2 nitrogen and oxygen atoms in total. The first kappa shape index (κ1) is 16.0. The van der Waals surface area contributed by atoms with Crippen LogP contribution in [-0.4, -0.2) is 5.78 Å². The number of hydrogen-bond acceptors (Lipinski definition) is 2. The number of benzene rings is 2. The number of carbonyl (C=O) groups is 1. The first-order valence-electron chi connectivity index (χ1n) is 6.37. The van der Waals surface area contributed by atoms with E-state index in [1.807, 2.05) is 0 Å². The second-order valence-corrected chi connectivity index (χ2v) is 4.66. The van der Waals surface area contributed by atoms with Gasteiger partial charge in [-0.05, 0) is 18.6 Å². The fourth-order valence-corrected chi connectivity index (χ4v) is 1.90. The molecule has 22 heavy (non-hydrogen) atoms. The van der Waals surface area contributed by atoms with Crippen molar-refractivity contribution in [2.24, 2.45) is 0 Å². The number of hydrogen-bond donors (Lipinski definition) is 0. The van der Waals surface area contributed by atoms with E-state index in [0.717, 1.165) is 6.92 Å². The molecule has 0 aliphatic rings. The molecule has 2 aromatic carbocycles. The minimum atomic E-state index is -4.75. The highest BCUT2D eigenvalue weighted by molar-refractivity contribution is 5.94. The van der Waals surface area contributed by atoms with Gasteiger partial charge in [-0.3, -0.25) is 4.79 Å². The molecule has 0 saturated carbocycles. The number of rotatable bonds is 4. The zero-order chi connectivity index (χ0) is 16.3. The zero-order valence-electron chi connectivity index (χ0n) is 11.6. The lowest BCUT2D eigenvalue weighted by Gasteiger charge is -2.15. The molecule has 6 heteroatoms. The number of halogens is 4. The Labute approximate surface area is 124 Å². The summed E-state index contributed by atoms with van der Waals surface area (Å²) in [6.45, 7) is 0.867. The highest BCUT2D eigenvalue weighted by atomic mass is 19.4. The third-order valence-electron chi connectivity index (χ3n) is 2.99. The second-order valence-electron chi connectivity index (χ2n) is 4.66. The van der Waals surface area contributed by atoms with Gasteiger partial charge in [0, 0.05) is 6.07 Å². The Balaban J connectivity index is 2.37. The van der Waals surface area contributed by atoms with Crippen LogP contribution in [0.2, 0.25) is 0 Å². The van der Waals surface area contributed by atoms with Crippen LogP contribution >= 0.6 is 0 Å². The lowest BCUT2D eigenvalue weighted by Crippen LogP contribution is -2.12. The Morgan fingerprint density at radius 3 is 2.32 bits per heavy atom. The van der Waals surface area contributed by atoms with Gasteiger partial charge in [-0.25, -0.2) is 4.39 Å². The standard InChI is InChI=1S/C16H12F4O2/c1-10(21)12-7-13(16(18,19)20)15(8-14(12)17)22-9-11-5-3-2-4-6-11/h2-8H,9H2,1H3. The van der Waals surface area contributed by atoms with Crippen LogP contribution < -0.4 is 4.74 Å². The van der Waals surface area contributed by atoms with E-state index in [0.29, 0.717) is 17.7 Å². The van der Waals surface area contributed by atoms with Gasteiger partial charge < -0.3 is 4.74 Å². The molecule has 0 aliphatic heterocycles. The van der Waals surface area contributed by atoms with Gasteiger partial charge in [-0.1, -0.05) is 30.3 Å². The van der Waals surface area contributed by atoms with E-state index >= 15 is 0 Å². The molecular formula is C16H12F4O2. The first-order chi connectivity index (χ1) is 10.3. The smallest absolute Gasteiger partial charge is 0.419 e. The molecule has 0 atom stereocenters. The number of ketones is 1. The molecule has 0 spiro atoms. The minimum absolute atomic E-state index is 0.136. The van der Waals surface area contributed by atoms with Gasteiger partial charge in [0.2, 0.25) is 0 Å². The van der Waals surface area contributed by atoms with Crippen molar-refractivity contribution in [2.75, 3.05) is 0 Å². The fraction of sp³-hybridized carbons (Fsp3) is 0.188. The van der Waals surface area contributed by atoms with Crippen molar-refractivity contribution >= 4 is 5.78 Å². The van der Waals surface area contributed by atoms with Crippen molar-refractivity contribution in [1.82, 2.24) is 0 Å². The predicted octanol–water partition coefficient (Wildman–Crippen LogP) is 4.63. The van der Waals surface area contributed by atoms with E-state index in [1.165, 1.54) is 0 Å². The minimum Gasteiger partial charge on any atom is -0.488 e. The van der Waals surface area contributed by atoms with Gasteiger partial charge in [0.1, 0.15) is 18.2 Å². The molecule has 0 fully saturated rings. The third-order valence-corrected chi connectivity index (χ3v) is 2.99. The summed E-state index contributed by atoms with van der Waals surface area (Å²) in [5.41, 5.74) is -1.14. The molecule has 0 aromatic heterocycles. The van der Waals surface area contributed by atoms with E-state index in [1.54, 1.807) is 30.3 Å². The number of alkyl halides is 3. The second kappa shape index (κ2) is 6.17. The lowest BCUT2D eigenvalue weighted by atomic mass is 10.1. The average Bonchev–Trinajstić information content (AvgIpc) is 2.44. The number of Topliss-reactive ketones (excluding diaryl/α,β-unsaturated/α-hetero) is 1. The molecular weight excluding hydrogens is 300 g/mol. The van der Waals surface area contributed by atoms with Crippen LogP contribution in [0.1, 0.15) is 28.4 Å². The van der Waals surface area contributed by atoms with Gasteiger partial charge in [0.25, 0.3) is 0 Å². The quantitative estimate of drug-likeness (QED) is 0.608. The first-order valence-corrected chi connectivity index (χ1v) is 6.37. The Bertz CT molecular complexity index is 679. The normalized spacial score (nSPS) is 11.3. The van der Waals surface area contributed by atoms with Crippen molar-refractivity contribution in [3.05, 3.63) is 65.0 Å². The molecule has 0 saturated heterocycles. The summed E-state index contributed by atoms with van der Waals surface area (Å²) in [6.07, 6.45) is -4.75. The topological polar surface area (TPSA) is 26.3 Å². The molecule has 0 aliphatic carbocycles. The third kappa shape index (κ3) is 3.63. The van der Waals surface area contributed by atoms with Crippen LogP contribution in [-0.2, 0) is 12.8 Å². The van der Waals surface area contributed by atoms with Crippen molar-refractivity contribution in [2.45, 2.75) is 19.7 Å². The molecule has 2 rings (SSSR count). The van der Waals surface area contributed by atoms with E-state index in [2.05, 4.69) is 0 Å². The summed E-state index contributed by atoms with van der Waals surface area (Å²) in [5.74, 6) is -2.46. The maximum atomic E-state index is 13.7. The molecule has 116 valence electrons. The Morgan fingerprint density at radius 1 is 1.14 bits per heavy atom. The van der Waals surface area contributed by atoms with Crippen LogP contribution in [0.4, 0.5) is 17.6 Å². The summed E-state index contributed by atoms with van der Waals surface area (Å²) < 4.78 is 57.9. The van der Waals surface area contributed by atoms with Gasteiger partial charge in [0.05, 0.1) is 11.1 Å². The van der Waals surface area contributed by atoms with Crippen LogP contribution in [0.3, 0.4) is 0 Å². The van der Waals surface area contributed by atoms with Gasteiger partial charge in [0.15, 0.2) is 5.78 Å². The summed E-state index contributed by atoms with van der Waals surface area (Å²) in [7, 11) is 0. The highest BCUT2D eigenvalue weighted by Gasteiger charge is 2.36. The van der Waals surface area contributed by atoms with Crippen molar-refractivity contribution in [3.63, 3.8) is 0 Å². The Morgan fingerprint density at radius 2 is 1.77 bits per heavy atom. The lowest BCUT2D eigenvalue weighted by molar-refractivity contribution is -0.139. The van der Waals surface area contributed by atoms with E-state index in [9.17, 15) is 22.4 Å². The summed E-state index contributed by atoms with van der Waals surface area (Å²) in [4.78, 5) is 11.2. The Kier molecular flexibility index (Phi) is 4.49. The van der Waals surface area contributed by atoms with Gasteiger partial charge in [-0.15, -0.1) is 0 Å².